The number of ether oxygens (including phenoxy) is 1. The molecule has 1 amide bonds. The predicted molar refractivity (Wildman–Crippen MR) is 67.7 cm³/mol. The van der Waals surface area contributed by atoms with Crippen LogP contribution < -0.4 is 11.1 Å². The van der Waals surface area contributed by atoms with E-state index >= 15 is 0 Å². The van der Waals surface area contributed by atoms with E-state index in [2.05, 4.69) is 12.2 Å². The molecule has 0 aliphatic heterocycles. The zero-order chi connectivity index (χ0) is 13.4. The molecule has 0 atom stereocenters. The van der Waals surface area contributed by atoms with Crippen LogP contribution in [0, 0.1) is 5.82 Å². The van der Waals surface area contributed by atoms with E-state index in [1.165, 1.54) is 12.1 Å². The molecule has 4 nitrogen and oxygen atoms in total. The minimum absolute atomic E-state index is 0.167. The second-order valence-corrected chi connectivity index (χ2v) is 3.97. The lowest BCUT2D eigenvalue weighted by Gasteiger charge is -2.07. The number of amides is 1. The Morgan fingerprint density at radius 2 is 2.22 bits per heavy atom. The van der Waals surface area contributed by atoms with Gasteiger partial charge in [0.1, 0.15) is 5.82 Å². The summed E-state index contributed by atoms with van der Waals surface area (Å²) >= 11 is 0. The second-order valence-electron chi connectivity index (χ2n) is 3.97. The molecule has 0 aliphatic carbocycles. The van der Waals surface area contributed by atoms with E-state index in [1.807, 2.05) is 0 Å². The molecule has 0 saturated carbocycles. The van der Waals surface area contributed by atoms with E-state index < -0.39 is 11.7 Å². The molecule has 0 aromatic heterocycles. The molecule has 0 saturated heterocycles. The van der Waals surface area contributed by atoms with Crippen molar-refractivity contribution in [1.82, 2.24) is 5.32 Å². The van der Waals surface area contributed by atoms with Crippen LogP contribution in [0.4, 0.5) is 4.39 Å². The van der Waals surface area contributed by atoms with Crippen LogP contribution in [0.3, 0.4) is 0 Å². The molecule has 0 spiro atoms. The van der Waals surface area contributed by atoms with E-state index in [-0.39, 0.29) is 12.2 Å². The molecule has 0 unspecified atom stereocenters. The van der Waals surface area contributed by atoms with Gasteiger partial charge >= 0.3 is 0 Å². The first-order chi connectivity index (χ1) is 8.65. The lowest BCUT2D eigenvalue weighted by molar-refractivity contribution is 0.0999. The van der Waals surface area contributed by atoms with Gasteiger partial charge in [-0.25, -0.2) is 4.39 Å². The molecule has 0 radical (unpaired) electrons. The van der Waals surface area contributed by atoms with Crippen molar-refractivity contribution >= 4 is 5.91 Å². The summed E-state index contributed by atoms with van der Waals surface area (Å²) in [4.78, 5) is 10.8. The summed E-state index contributed by atoms with van der Waals surface area (Å²) in [5.74, 6) is -1.10. The number of benzene rings is 1. The highest BCUT2D eigenvalue weighted by Crippen LogP contribution is 2.11. The van der Waals surface area contributed by atoms with Crippen molar-refractivity contribution in [2.24, 2.45) is 5.73 Å². The average molecular weight is 254 g/mol. The van der Waals surface area contributed by atoms with Gasteiger partial charge in [-0.15, -0.1) is 0 Å². The highest BCUT2D eigenvalue weighted by molar-refractivity contribution is 5.92. The van der Waals surface area contributed by atoms with Crippen molar-refractivity contribution in [3.63, 3.8) is 0 Å². The van der Waals surface area contributed by atoms with Crippen LogP contribution in [-0.2, 0) is 11.3 Å². The summed E-state index contributed by atoms with van der Waals surface area (Å²) in [6, 6.07) is 4.16. The van der Waals surface area contributed by atoms with Crippen LogP contribution in [0.15, 0.2) is 18.2 Å². The van der Waals surface area contributed by atoms with Crippen LogP contribution in [0.25, 0.3) is 0 Å². The first-order valence-electron chi connectivity index (χ1n) is 6.01. The van der Waals surface area contributed by atoms with Gasteiger partial charge in [-0.1, -0.05) is 13.0 Å². The maximum absolute atomic E-state index is 13.5. The molecular formula is C13H19FN2O2. The Kier molecular flexibility index (Phi) is 6.32. The number of nitrogens with one attached hydrogen (secondary N) is 1. The van der Waals surface area contributed by atoms with Crippen molar-refractivity contribution in [1.29, 1.82) is 0 Å². The predicted octanol–water partition coefficient (Wildman–Crippen LogP) is 1.44. The van der Waals surface area contributed by atoms with Crippen molar-refractivity contribution < 1.29 is 13.9 Å². The fourth-order valence-electron chi connectivity index (χ4n) is 1.45. The third-order valence-corrected chi connectivity index (χ3v) is 2.45. The van der Waals surface area contributed by atoms with Gasteiger partial charge in [0.15, 0.2) is 0 Å². The summed E-state index contributed by atoms with van der Waals surface area (Å²) in [6.45, 7) is 4.50. The Labute approximate surface area is 106 Å². The summed E-state index contributed by atoms with van der Waals surface area (Å²) in [7, 11) is 0. The highest BCUT2D eigenvalue weighted by Gasteiger charge is 2.06. The maximum atomic E-state index is 13.5. The van der Waals surface area contributed by atoms with E-state index in [9.17, 15) is 9.18 Å². The molecule has 5 heteroatoms. The summed E-state index contributed by atoms with van der Waals surface area (Å²) in [5.41, 5.74) is 5.65. The zero-order valence-electron chi connectivity index (χ0n) is 10.5. The van der Waals surface area contributed by atoms with E-state index in [0.29, 0.717) is 12.2 Å². The lowest BCUT2D eigenvalue weighted by atomic mass is 10.1. The van der Waals surface area contributed by atoms with Gasteiger partial charge in [0, 0.05) is 17.7 Å². The van der Waals surface area contributed by atoms with Gasteiger partial charge in [-0.05, 0) is 25.1 Å². The van der Waals surface area contributed by atoms with E-state index in [0.717, 1.165) is 25.6 Å². The Bertz CT molecular complexity index is 397. The normalized spacial score (nSPS) is 10.6. The molecular weight excluding hydrogens is 235 g/mol. The Morgan fingerprint density at radius 3 is 2.83 bits per heavy atom. The molecule has 3 N–H and O–H groups in total. The SMILES string of the molecule is CCCNCCOCc1ccc(C(N)=O)cc1F. The van der Waals surface area contributed by atoms with Crippen molar-refractivity contribution in [3.05, 3.63) is 35.1 Å². The largest absolute Gasteiger partial charge is 0.375 e. The maximum Gasteiger partial charge on any atom is 0.248 e. The van der Waals surface area contributed by atoms with E-state index in [4.69, 9.17) is 10.5 Å². The van der Waals surface area contributed by atoms with Gasteiger partial charge in [-0.2, -0.15) is 0 Å². The monoisotopic (exact) mass is 254 g/mol. The molecule has 1 aromatic rings. The number of halogens is 1. The highest BCUT2D eigenvalue weighted by atomic mass is 19.1. The van der Waals surface area contributed by atoms with Crippen molar-refractivity contribution in [2.45, 2.75) is 20.0 Å². The number of hydrogen-bond donors (Lipinski definition) is 2. The quantitative estimate of drug-likeness (QED) is 0.690. The zero-order valence-corrected chi connectivity index (χ0v) is 10.5. The number of primary amides is 1. The molecule has 1 rings (SSSR count). The third-order valence-electron chi connectivity index (χ3n) is 2.45. The van der Waals surface area contributed by atoms with E-state index in [1.54, 1.807) is 0 Å². The number of rotatable bonds is 8. The summed E-state index contributed by atoms with van der Waals surface area (Å²) < 4.78 is 18.9. The molecule has 0 fully saturated rings. The van der Waals surface area contributed by atoms with Gasteiger partial charge in [0.2, 0.25) is 5.91 Å². The molecule has 100 valence electrons. The van der Waals surface area contributed by atoms with Gasteiger partial charge in [0.05, 0.1) is 13.2 Å². The minimum Gasteiger partial charge on any atom is -0.375 e. The first-order valence-corrected chi connectivity index (χ1v) is 6.01. The molecule has 18 heavy (non-hydrogen) atoms. The molecule has 0 heterocycles. The smallest absolute Gasteiger partial charge is 0.248 e. The number of carbonyl (C=O) groups is 1. The van der Waals surface area contributed by atoms with Crippen LogP contribution in [-0.4, -0.2) is 25.6 Å². The Hall–Kier alpha value is -1.46. The number of nitrogens with two attached hydrogens (primary N) is 1. The molecule has 1 aromatic carbocycles. The number of carbonyl (C=O) groups excluding carboxylic acids is 1. The van der Waals surface area contributed by atoms with Gasteiger partial charge in [-0.3, -0.25) is 4.79 Å². The van der Waals surface area contributed by atoms with Crippen LogP contribution in [0.1, 0.15) is 29.3 Å². The fraction of sp³-hybridized carbons (Fsp3) is 0.462. The van der Waals surface area contributed by atoms with Crippen LogP contribution in [0.5, 0.6) is 0 Å². The average Bonchev–Trinajstić information content (AvgIpc) is 2.35. The van der Waals surface area contributed by atoms with Crippen molar-refractivity contribution in [3.8, 4) is 0 Å². The minimum atomic E-state index is -0.634. The Balaban J connectivity index is 2.36. The van der Waals surface area contributed by atoms with Crippen LogP contribution in [0.2, 0.25) is 0 Å². The Morgan fingerprint density at radius 1 is 1.44 bits per heavy atom. The second kappa shape index (κ2) is 7.79. The van der Waals surface area contributed by atoms with Crippen molar-refractivity contribution in [2.75, 3.05) is 19.7 Å². The van der Waals surface area contributed by atoms with Gasteiger partial charge < -0.3 is 15.8 Å². The standard InChI is InChI=1S/C13H19FN2O2/c1-2-5-16-6-7-18-9-11-4-3-10(13(15)17)8-12(11)14/h3-4,8,16H,2,5-7,9H2,1H3,(H2,15,17). The lowest BCUT2D eigenvalue weighted by Crippen LogP contribution is -2.20. The first kappa shape index (κ1) is 14.6. The summed E-state index contributed by atoms with van der Waals surface area (Å²) in [5, 5.41) is 3.18. The molecule has 0 aliphatic rings. The van der Waals surface area contributed by atoms with Gasteiger partial charge in [0.25, 0.3) is 0 Å². The third kappa shape index (κ3) is 4.81. The van der Waals surface area contributed by atoms with Crippen LogP contribution >= 0.6 is 0 Å². The molecule has 0 bridgehead atoms. The topological polar surface area (TPSA) is 64.3 Å². The number of hydrogen-bond acceptors (Lipinski definition) is 3. The summed E-state index contributed by atoms with van der Waals surface area (Å²) in [6.07, 6.45) is 1.07. The fourth-order valence-corrected chi connectivity index (χ4v) is 1.45.